The van der Waals surface area contributed by atoms with Gasteiger partial charge in [0.25, 0.3) is 0 Å². The number of hydrogen-bond donors (Lipinski definition) is 1. The molecule has 0 amide bonds. The average Bonchev–Trinajstić information content (AvgIpc) is 2.42. The van der Waals surface area contributed by atoms with Gasteiger partial charge in [-0.25, -0.2) is 4.79 Å². The molecule has 0 unspecified atom stereocenters. The van der Waals surface area contributed by atoms with Crippen LogP contribution >= 0.6 is 0 Å². The zero-order chi connectivity index (χ0) is 15.3. The third kappa shape index (κ3) is 12.2. The summed E-state index contributed by atoms with van der Waals surface area (Å²) >= 11 is 0. The maximum Gasteiger partial charge on any atom is 0.330 e. The Morgan fingerprint density at radius 1 is 1.15 bits per heavy atom. The zero-order valence-corrected chi connectivity index (χ0v) is 13.7. The Morgan fingerprint density at radius 2 is 1.75 bits per heavy atom. The molecule has 20 heavy (non-hydrogen) atoms. The highest BCUT2D eigenvalue weighted by atomic mass is 16.5. The molecule has 0 aromatic heterocycles. The summed E-state index contributed by atoms with van der Waals surface area (Å²) in [5, 5.41) is 3.44. The van der Waals surface area contributed by atoms with E-state index in [2.05, 4.69) is 32.7 Å². The van der Waals surface area contributed by atoms with Crippen molar-refractivity contribution in [2.45, 2.75) is 77.7 Å². The van der Waals surface area contributed by atoms with E-state index < -0.39 is 0 Å². The third-order valence-corrected chi connectivity index (χ3v) is 3.52. The fraction of sp³-hybridized carbons (Fsp3) is 0.824. The van der Waals surface area contributed by atoms with Crippen molar-refractivity contribution in [1.29, 1.82) is 0 Å². The summed E-state index contributed by atoms with van der Waals surface area (Å²) in [4.78, 5) is 10.9. The van der Waals surface area contributed by atoms with Crippen LogP contribution in [0.25, 0.3) is 0 Å². The Labute approximate surface area is 125 Å². The van der Waals surface area contributed by atoms with Crippen LogP contribution in [-0.2, 0) is 9.53 Å². The Bertz CT molecular complexity index is 262. The number of rotatable bonds is 13. The fourth-order valence-corrected chi connectivity index (χ4v) is 2.21. The van der Waals surface area contributed by atoms with Crippen LogP contribution in [0.5, 0.6) is 0 Å². The van der Waals surface area contributed by atoms with E-state index in [0.29, 0.717) is 13.2 Å². The normalized spacial score (nSPS) is 11.3. The van der Waals surface area contributed by atoms with Crippen LogP contribution in [0.4, 0.5) is 0 Å². The van der Waals surface area contributed by atoms with Gasteiger partial charge in [-0.2, -0.15) is 0 Å². The Balaban J connectivity index is 3.49. The molecule has 1 N–H and O–H groups in total. The topological polar surface area (TPSA) is 38.3 Å². The van der Waals surface area contributed by atoms with Gasteiger partial charge in [0.15, 0.2) is 0 Å². The van der Waals surface area contributed by atoms with E-state index in [0.717, 1.165) is 6.42 Å². The highest BCUT2D eigenvalue weighted by molar-refractivity contribution is 5.81. The lowest BCUT2D eigenvalue weighted by atomic mass is 9.96. The number of esters is 1. The number of nitrogens with one attached hydrogen (secondary N) is 1. The molecule has 0 aromatic rings. The first kappa shape index (κ1) is 19.2. The molecule has 0 bridgehead atoms. The van der Waals surface area contributed by atoms with Crippen molar-refractivity contribution in [3.63, 3.8) is 0 Å². The largest absolute Gasteiger partial charge is 0.461 e. The Kier molecular flexibility index (Phi) is 11.5. The van der Waals surface area contributed by atoms with Gasteiger partial charge in [-0.05, 0) is 20.3 Å². The first-order valence-corrected chi connectivity index (χ1v) is 8.06. The summed E-state index contributed by atoms with van der Waals surface area (Å²) in [6.45, 7) is 11.1. The Hall–Kier alpha value is -0.830. The molecule has 118 valence electrons. The molecular formula is C17H33NO2. The van der Waals surface area contributed by atoms with E-state index >= 15 is 0 Å². The van der Waals surface area contributed by atoms with Crippen molar-refractivity contribution in [1.82, 2.24) is 5.32 Å². The van der Waals surface area contributed by atoms with Gasteiger partial charge in [-0.1, -0.05) is 58.4 Å². The van der Waals surface area contributed by atoms with Crippen LogP contribution in [0.3, 0.4) is 0 Å². The summed E-state index contributed by atoms with van der Waals surface area (Å²) in [6.07, 6.45) is 11.7. The minimum atomic E-state index is -0.350. The van der Waals surface area contributed by atoms with Gasteiger partial charge in [0.05, 0.1) is 0 Å². The quantitative estimate of drug-likeness (QED) is 0.312. The molecule has 0 aliphatic heterocycles. The van der Waals surface area contributed by atoms with Gasteiger partial charge in [0.1, 0.15) is 6.61 Å². The molecule has 0 spiro atoms. The van der Waals surface area contributed by atoms with Gasteiger partial charge < -0.3 is 10.1 Å². The molecule has 0 atom stereocenters. The van der Waals surface area contributed by atoms with Crippen molar-refractivity contribution in [3.05, 3.63) is 12.7 Å². The predicted octanol–water partition coefficient (Wildman–Crippen LogP) is 4.22. The molecule has 0 aromatic carbocycles. The number of carbonyl (C=O) groups is 1. The Morgan fingerprint density at radius 3 is 2.35 bits per heavy atom. The molecule has 0 radical (unpaired) electrons. The van der Waals surface area contributed by atoms with Crippen molar-refractivity contribution in [2.24, 2.45) is 0 Å². The standard InChI is InChI=1S/C17H33NO2/c1-5-7-8-9-10-11-12-13-17(3,4)18-14-15-20-16(19)6-2/h6,18H,2,5,7-15H2,1,3-4H3. The van der Waals surface area contributed by atoms with Gasteiger partial charge in [0, 0.05) is 18.2 Å². The summed E-state index contributed by atoms with van der Waals surface area (Å²) in [7, 11) is 0. The SMILES string of the molecule is C=CC(=O)OCCNC(C)(C)CCCCCCCCC. The van der Waals surface area contributed by atoms with E-state index in [-0.39, 0.29) is 11.5 Å². The van der Waals surface area contributed by atoms with Gasteiger partial charge in [-0.15, -0.1) is 0 Å². The number of carbonyl (C=O) groups excluding carboxylic acids is 1. The van der Waals surface area contributed by atoms with Crippen LogP contribution in [-0.4, -0.2) is 24.7 Å². The van der Waals surface area contributed by atoms with Crippen LogP contribution in [0.1, 0.15) is 72.1 Å². The predicted molar refractivity (Wildman–Crippen MR) is 85.8 cm³/mol. The molecule has 0 fully saturated rings. The van der Waals surface area contributed by atoms with Gasteiger partial charge in [-0.3, -0.25) is 0 Å². The first-order valence-electron chi connectivity index (χ1n) is 8.06. The van der Waals surface area contributed by atoms with E-state index in [9.17, 15) is 4.79 Å². The second kappa shape index (κ2) is 12.0. The first-order chi connectivity index (χ1) is 9.52. The molecule has 0 rings (SSSR count). The minimum Gasteiger partial charge on any atom is -0.461 e. The van der Waals surface area contributed by atoms with Crippen LogP contribution < -0.4 is 5.32 Å². The smallest absolute Gasteiger partial charge is 0.330 e. The zero-order valence-electron chi connectivity index (χ0n) is 13.7. The number of unbranched alkanes of at least 4 members (excludes halogenated alkanes) is 6. The minimum absolute atomic E-state index is 0.115. The molecule has 0 heterocycles. The highest BCUT2D eigenvalue weighted by Crippen LogP contribution is 2.15. The lowest BCUT2D eigenvalue weighted by molar-refractivity contribution is -0.137. The summed E-state index contributed by atoms with van der Waals surface area (Å²) in [5.41, 5.74) is 0.115. The highest BCUT2D eigenvalue weighted by Gasteiger charge is 2.15. The molecule has 0 saturated carbocycles. The van der Waals surface area contributed by atoms with E-state index in [4.69, 9.17) is 4.74 Å². The van der Waals surface area contributed by atoms with Crippen molar-refractivity contribution < 1.29 is 9.53 Å². The summed E-state index contributed by atoms with van der Waals surface area (Å²) in [5.74, 6) is -0.350. The monoisotopic (exact) mass is 283 g/mol. The van der Waals surface area contributed by atoms with Crippen molar-refractivity contribution in [3.8, 4) is 0 Å². The van der Waals surface area contributed by atoms with Crippen LogP contribution in [0.2, 0.25) is 0 Å². The maximum absolute atomic E-state index is 10.9. The second-order valence-electron chi connectivity index (χ2n) is 6.05. The van der Waals surface area contributed by atoms with Gasteiger partial charge in [0.2, 0.25) is 0 Å². The molecule has 0 saturated heterocycles. The van der Waals surface area contributed by atoms with Crippen LogP contribution in [0.15, 0.2) is 12.7 Å². The maximum atomic E-state index is 10.9. The number of ether oxygens (including phenoxy) is 1. The van der Waals surface area contributed by atoms with E-state index in [1.54, 1.807) is 0 Å². The lowest BCUT2D eigenvalue weighted by Crippen LogP contribution is -2.41. The van der Waals surface area contributed by atoms with Crippen LogP contribution in [0, 0.1) is 0 Å². The molecule has 0 aliphatic carbocycles. The fourth-order valence-electron chi connectivity index (χ4n) is 2.21. The molecule has 0 aliphatic rings. The molecule has 3 nitrogen and oxygen atoms in total. The summed E-state index contributed by atoms with van der Waals surface area (Å²) < 4.78 is 4.95. The van der Waals surface area contributed by atoms with Crippen molar-refractivity contribution in [2.75, 3.05) is 13.2 Å². The van der Waals surface area contributed by atoms with Gasteiger partial charge >= 0.3 is 5.97 Å². The van der Waals surface area contributed by atoms with E-state index in [1.165, 1.54) is 51.0 Å². The third-order valence-electron chi connectivity index (χ3n) is 3.52. The molecular weight excluding hydrogens is 250 g/mol. The second-order valence-corrected chi connectivity index (χ2v) is 6.05. The average molecular weight is 283 g/mol. The lowest BCUT2D eigenvalue weighted by Gasteiger charge is -2.26. The van der Waals surface area contributed by atoms with Crippen molar-refractivity contribution >= 4 is 5.97 Å². The number of hydrogen-bond acceptors (Lipinski definition) is 3. The van der Waals surface area contributed by atoms with E-state index in [1.807, 2.05) is 0 Å². The molecule has 3 heteroatoms. The summed E-state index contributed by atoms with van der Waals surface area (Å²) in [6, 6.07) is 0.